The molecule has 1 unspecified atom stereocenters. The summed E-state index contributed by atoms with van der Waals surface area (Å²) in [6, 6.07) is 2.19. The smallest absolute Gasteiger partial charge is 0.227 e. The van der Waals surface area contributed by atoms with Crippen LogP contribution in [-0.4, -0.2) is 41.9 Å². The van der Waals surface area contributed by atoms with E-state index in [-0.39, 0.29) is 11.9 Å². The van der Waals surface area contributed by atoms with Gasteiger partial charge in [0.15, 0.2) is 0 Å². The van der Waals surface area contributed by atoms with Gasteiger partial charge in [-0.15, -0.1) is 0 Å². The van der Waals surface area contributed by atoms with Gasteiger partial charge in [0.1, 0.15) is 0 Å². The summed E-state index contributed by atoms with van der Waals surface area (Å²) in [5.74, 6) is 0.200. The third-order valence-electron chi connectivity index (χ3n) is 2.66. The molecule has 0 aliphatic carbocycles. The molecule has 3 nitrogen and oxygen atoms in total. The zero-order valence-electron chi connectivity index (χ0n) is 8.89. The number of hydrogen-bond acceptors (Lipinski definition) is 3. The van der Waals surface area contributed by atoms with Crippen molar-refractivity contribution >= 4 is 33.2 Å². The van der Waals surface area contributed by atoms with Crippen molar-refractivity contribution < 1.29 is 9.53 Å². The fraction of sp³-hybridized carbons (Fsp3) is 0.545. The number of hydrogen-bond donors (Lipinski definition) is 0. The number of carbonyl (C=O) groups excluding carboxylic acids is 1. The van der Waals surface area contributed by atoms with Crippen molar-refractivity contribution in [2.24, 2.45) is 0 Å². The molecule has 16 heavy (non-hydrogen) atoms. The van der Waals surface area contributed by atoms with Crippen molar-refractivity contribution in [3.8, 4) is 0 Å². The molecule has 1 atom stereocenters. The van der Waals surface area contributed by atoms with E-state index in [1.807, 2.05) is 21.7 Å². The minimum absolute atomic E-state index is 0.180. The lowest BCUT2D eigenvalue weighted by molar-refractivity contribution is -0.138. The Bertz CT molecular complexity index is 342. The van der Waals surface area contributed by atoms with Crippen LogP contribution in [0.3, 0.4) is 0 Å². The average Bonchev–Trinajstić information content (AvgIpc) is 2.81. The summed E-state index contributed by atoms with van der Waals surface area (Å²) >= 11 is 5.06. The van der Waals surface area contributed by atoms with Gasteiger partial charge in [0.25, 0.3) is 0 Å². The first-order valence-electron chi connectivity index (χ1n) is 5.25. The zero-order valence-corrected chi connectivity index (χ0v) is 11.3. The summed E-state index contributed by atoms with van der Waals surface area (Å²) in [5.41, 5.74) is 1.11. The van der Waals surface area contributed by atoms with Crippen LogP contribution in [0, 0.1) is 0 Å². The molecule has 0 aromatic carbocycles. The largest absolute Gasteiger partial charge is 0.377 e. The van der Waals surface area contributed by atoms with Gasteiger partial charge >= 0.3 is 0 Å². The number of ether oxygens (including phenoxy) is 1. The molecule has 5 heteroatoms. The van der Waals surface area contributed by atoms with E-state index in [9.17, 15) is 4.79 Å². The molecule has 0 bridgehead atoms. The summed E-state index contributed by atoms with van der Waals surface area (Å²) in [4.78, 5) is 14.0. The van der Waals surface area contributed by atoms with E-state index in [2.05, 4.69) is 15.9 Å². The first kappa shape index (κ1) is 12.1. The Balaban J connectivity index is 1.97. The molecule has 1 aromatic rings. The van der Waals surface area contributed by atoms with E-state index in [0.717, 1.165) is 10.9 Å². The minimum atomic E-state index is 0.180. The lowest BCUT2D eigenvalue weighted by Gasteiger charge is -2.34. The highest BCUT2D eigenvalue weighted by Crippen LogP contribution is 2.13. The van der Waals surface area contributed by atoms with Crippen LogP contribution in [0.25, 0.3) is 0 Å². The third-order valence-corrected chi connectivity index (χ3v) is 4.14. The molecule has 0 spiro atoms. The molecular formula is C11H14BrNO2S. The molecule has 0 radical (unpaired) electrons. The van der Waals surface area contributed by atoms with Gasteiger partial charge in [-0.1, -0.05) is 15.9 Å². The maximum Gasteiger partial charge on any atom is 0.227 e. The van der Waals surface area contributed by atoms with Gasteiger partial charge in [0, 0.05) is 11.9 Å². The summed E-state index contributed by atoms with van der Waals surface area (Å²) < 4.78 is 5.37. The molecule has 1 amide bonds. The average molecular weight is 304 g/mol. The van der Waals surface area contributed by atoms with Gasteiger partial charge in [0.2, 0.25) is 5.91 Å². The van der Waals surface area contributed by atoms with Crippen LogP contribution in [-0.2, 0) is 16.0 Å². The molecule has 1 fully saturated rings. The predicted molar refractivity (Wildman–Crippen MR) is 68.1 cm³/mol. The van der Waals surface area contributed by atoms with E-state index in [1.165, 1.54) is 0 Å². The molecule has 1 aliphatic rings. The number of amides is 1. The van der Waals surface area contributed by atoms with E-state index in [1.54, 1.807) is 11.3 Å². The highest BCUT2D eigenvalue weighted by Gasteiger charge is 2.26. The van der Waals surface area contributed by atoms with Crippen molar-refractivity contribution in [3.05, 3.63) is 22.4 Å². The summed E-state index contributed by atoms with van der Waals surface area (Å²) in [6.45, 7) is 2.00. The molecule has 2 rings (SSSR count). The number of carbonyl (C=O) groups is 1. The first-order chi connectivity index (χ1) is 7.81. The normalized spacial score (nSPS) is 21.1. The summed E-state index contributed by atoms with van der Waals surface area (Å²) in [7, 11) is 0. The zero-order chi connectivity index (χ0) is 11.4. The second-order valence-electron chi connectivity index (χ2n) is 3.78. The molecule has 0 saturated carbocycles. The van der Waals surface area contributed by atoms with Crippen LogP contribution >= 0.6 is 27.3 Å². The fourth-order valence-corrected chi connectivity index (χ4v) is 2.99. The monoisotopic (exact) mass is 303 g/mol. The Hall–Kier alpha value is -0.390. The number of halogens is 1. The summed E-state index contributed by atoms with van der Waals surface area (Å²) in [6.07, 6.45) is 0.507. The van der Waals surface area contributed by atoms with Crippen LogP contribution in [0.4, 0.5) is 0 Å². The van der Waals surface area contributed by atoms with Crippen LogP contribution < -0.4 is 0 Å². The molecule has 2 heterocycles. The number of thiophene rings is 1. The van der Waals surface area contributed by atoms with Crippen LogP contribution in [0.1, 0.15) is 5.56 Å². The van der Waals surface area contributed by atoms with Crippen molar-refractivity contribution in [1.82, 2.24) is 4.90 Å². The van der Waals surface area contributed by atoms with E-state index in [4.69, 9.17) is 4.74 Å². The Morgan fingerprint density at radius 1 is 1.69 bits per heavy atom. The van der Waals surface area contributed by atoms with Crippen LogP contribution in [0.2, 0.25) is 0 Å². The number of morpholine rings is 1. The van der Waals surface area contributed by atoms with Gasteiger partial charge < -0.3 is 9.64 Å². The van der Waals surface area contributed by atoms with Crippen molar-refractivity contribution in [1.29, 1.82) is 0 Å². The van der Waals surface area contributed by atoms with Gasteiger partial charge in [-0.3, -0.25) is 4.79 Å². The standard InChI is InChI=1S/C11H14BrNO2S/c12-6-10-7-15-3-2-13(10)11(14)5-9-1-4-16-8-9/h1,4,8,10H,2-3,5-7H2. The maximum absolute atomic E-state index is 12.1. The molecule has 0 N–H and O–H groups in total. The SMILES string of the molecule is O=C(Cc1ccsc1)N1CCOCC1CBr. The van der Waals surface area contributed by atoms with Gasteiger partial charge in [0.05, 0.1) is 25.7 Å². The summed E-state index contributed by atoms with van der Waals surface area (Å²) in [5, 5.41) is 4.81. The van der Waals surface area contributed by atoms with Gasteiger partial charge in [-0.05, 0) is 22.4 Å². The third kappa shape index (κ3) is 2.84. The van der Waals surface area contributed by atoms with Gasteiger partial charge in [-0.25, -0.2) is 0 Å². The Morgan fingerprint density at radius 3 is 3.25 bits per heavy atom. The molecule has 1 aliphatic heterocycles. The van der Waals surface area contributed by atoms with Gasteiger partial charge in [-0.2, -0.15) is 11.3 Å². The Morgan fingerprint density at radius 2 is 2.56 bits per heavy atom. The van der Waals surface area contributed by atoms with Crippen molar-refractivity contribution in [2.45, 2.75) is 12.5 Å². The molecule has 1 saturated heterocycles. The number of rotatable bonds is 3. The Kier molecular flexibility index (Phi) is 4.37. The quantitative estimate of drug-likeness (QED) is 0.799. The topological polar surface area (TPSA) is 29.5 Å². The van der Waals surface area contributed by atoms with Crippen molar-refractivity contribution in [2.75, 3.05) is 25.1 Å². The van der Waals surface area contributed by atoms with E-state index >= 15 is 0 Å². The van der Waals surface area contributed by atoms with Crippen molar-refractivity contribution in [3.63, 3.8) is 0 Å². The highest BCUT2D eigenvalue weighted by molar-refractivity contribution is 9.09. The fourth-order valence-electron chi connectivity index (χ4n) is 1.78. The Labute approximate surface area is 108 Å². The lowest BCUT2D eigenvalue weighted by atomic mass is 10.2. The van der Waals surface area contributed by atoms with E-state index in [0.29, 0.717) is 26.2 Å². The highest BCUT2D eigenvalue weighted by atomic mass is 79.9. The lowest BCUT2D eigenvalue weighted by Crippen LogP contribution is -2.50. The molecular weight excluding hydrogens is 290 g/mol. The second-order valence-corrected chi connectivity index (χ2v) is 5.21. The second kappa shape index (κ2) is 5.80. The molecule has 88 valence electrons. The van der Waals surface area contributed by atoms with Crippen LogP contribution in [0.15, 0.2) is 16.8 Å². The maximum atomic E-state index is 12.1. The predicted octanol–water partition coefficient (Wildman–Crippen LogP) is 1.91. The van der Waals surface area contributed by atoms with E-state index < -0.39 is 0 Å². The van der Waals surface area contributed by atoms with Crippen LogP contribution in [0.5, 0.6) is 0 Å². The number of alkyl halides is 1. The number of nitrogens with zero attached hydrogens (tertiary/aromatic N) is 1. The molecule has 1 aromatic heterocycles. The minimum Gasteiger partial charge on any atom is -0.377 e. The first-order valence-corrected chi connectivity index (χ1v) is 7.32.